The monoisotopic (exact) mass is 415 g/mol. The molecule has 1 aliphatic rings. The predicted octanol–water partition coefficient (Wildman–Crippen LogP) is 4.20. The molecule has 0 aliphatic carbocycles. The molecular weight excluding hydrogens is 390 g/mol. The molecule has 6 nitrogen and oxygen atoms in total. The van der Waals surface area contributed by atoms with E-state index in [4.69, 9.17) is 4.74 Å². The highest BCUT2D eigenvalue weighted by Gasteiger charge is 2.39. The topological polar surface area (TPSA) is 71.5 Å². The number of pyridine rings is 1. The van der Waals surface area contributed by atoms with E-state index >= 15 is 0 Å². The fourth-order valence-corrected chi connectivity index (χ4v) is 3.84. The van der Waals surface area contributed by atoms with Crippen LogP contribution in [0.25, 0.3) is 0 Å². The van der Waals surface area contributed by atoms with Gasteiger partial charge in [0, 0.05) is 18.4 Å². The number of carbonyl (C=O) groups excluding carboxylic acids is 2. The van der Waals surface area contributed by atoms with E-state index in [1.54, 1.807) is 23.2 Å². The summed E-state index contributed by atoms with van der Waals surface area (Å²) in [6, 6.07) is 18.5. The molecule has 1 aromatic heterocycles. The van der Waals surface area contributed by atoms with E-state index < -0.39 is 6.04 Å². The average molecular weight is 415 g/mol. The molecule has 0 fully saturated rings. The SMILES string of the molecule is CCOc1ccc(CNC(=O)CC2c3ncccc3C(=O)N2c2cccc(C)c2)cc1. The van der Waals surface area contributed by atoms with Gasteiger partial charge in [0.05, 0.1) is 30.3 Å². The smallest absolute Gasteiger partial charge is 0.260 e. The van der Waals surface area contributed by atoms with E-state index in [-0.39, 0.29) is 18.2 Å². The minimum Gasteiger partial charge on any atom is -0.494 e. The summed E-state index contributed by atoms with van der Waals surface area (Å²) < 4.78 is 5.45. The Bertz CT molecular complexity index is 1100. The fourth-order valence-electron chi connectivity index (χ4n) is 3.84. The highest BCUT2D eigenvalue weighted by molar-refractivity contribution is 6.11. The van der Waals surface area contributed by atoms with Crippen molar-refractivity contribution < 1.29 is 14.3 Å². The van der Waals surface area contributed by atoms with Crippen LogP contribution < -0.4 is 15.0 Å². The van der Waals surface area contributed by atoms with E-state index in [1.807, 2.05) is 62.4 Å². The van der Waals surface area contributed by atoms with Gasteiger partial charge in [-0.2, -0.15) is 0 Å². The number of hydrogen-bond donors (Lipinski definition) is 1. The van der Waals surface area contributed by atoms with Gasteiger partial charge in [-0.05, 0) is 61.4 Å². The molecule has 2 heterocycles. The quantitative estimate of drug-likeness (QED) is 0.628. The van der Waals surface area contributed by atoms with E-state index in [0.29, 0.717) is 24.4 Å². The Morgan fingerprint density at radius 3 is 2.68 bits per heavy atom. The molecule has 0 saturated carbocycles. The summed E-state index contributed by atoms with van der Waals surface area (Å²) in [7, 11) is 0. The summed E-state index contributed by atoms with van der Waals surface area (Å²) in [6.45, 7) is 4.94. The minimum atomic E-state index is -0.439. The van der Waals surface area contributed by atoms with Gasteiger partial charge in [0.1, 0.15) is 5.75 Å². The predicted molar refractivity (Wildman–Crippen MR) is 119 cm³/mol. The van der Waals surface area contributed by atoms with Crippen molar-refractivity contribution in [2.75, 3.05) is 11.5 Å². The summed E-state index contributed by atoms with van der Waals surface area (Å²) in [5.41, 5.74) is 3.99. The minimum absolute atomic E-state index is 0.127. The number of nitrogens with one attached hydrogen (secondary N) is 1. The van der Waals surface area contributed by atoms with E-state index in [0.717, 1.165) is 22.6 Å². The summed E-state index contributed by atoms with van der Waals surface area (Å²) in [6.07, 6.45) is 1.80. The first kappa shape index (κ1) is 20.6. The number of aromatic nitrogens is 1. The van der Waals surface area contributed by atoms with Crippen LogP contribution in [0.1, 0.15) is 46.6 Å². The van der Waals surface area contributed by atoms with Crippen LogP contribution in [0.2, 0.25) is 0 Å². The standard InChI is InChI=1S/C25H25N3O3/c1-3-31-20-11-9-18(10-12-20)16-27-23(29)15-22-24-21(8-5-13-26-24)25(30)28(22)19-7-4-6-17(2)14-19/h4-14,22H,3,15-16H2,1-2H3,(H,27,29). The number of fused-ring (bicyclic) bond motifs is 1. The number of carbonyl (C=O) groups is 2. The Labute approximate surface area is 181 Å². The van der Waals surface area contributed by atoms with Crippen LogP contribution in [-0.2, 0) is 11.3 Å². The summed E-state index contributed by atoms with van der Waals surface area (Å²) in [5, 5.41) is 2.96. The first-order chi connectivity index (χ1) is 15.1. The van der Waals surface area contributed by atoms with Gasteiger partial charge in [0.2, 0.25) is 5.91 Å². The Morgan fingerprint density at radius 1 is 1.13 bits per heavy atom. The summed E-state index contributed by atoms with van der Waals surface area (Å²) in [4.78, 5) is 32.0. The number of aryl methyl sites for hydroxylation is 1. The third kappa shape index (κ3) is 4.43. The van der Waals surface area contributed by atoms with Gasteiger partial charge in [0.25, 0.3) is 5.91 Å². The molecule has 2 amide bonds. The third-order valence-electron chi connectivity index (χ3n) is 5.30. The average Bonchev–Trinajstić information content (AvgIpc) is 3.05. The molecule has 0 radical (unpaired) electrons. The van der Waals surface area contributed by atoms with Crippen LogP contribution in [0, 0.1) is 6.92 Å². The van der Waals surface area contributed by atoms with Gasteiger partial charge >= 0.3 is 0 Å². The molecule has 0 saturated heterocycles. The van der Waals surface area contributed by atoms with Crippen molar-refractivity contribution in [1.29, 1.82) is 0 Å². The number of anilines is 1. The number of ether oxygens (including phenoxy) is 1. The molecule has 0 bridgehead atoms. The van der Waals surface area contributed by atoms with E-state index in [1.165, 1.54) is 0 Å². The second-order valence-electron chi connectivity index (χ2n) is 7.52. The molecule has 158 valence electrons. The Kier molecular flexibility index (Phi) is 5.98. The molecule has 2 aromatic carbocycles. The number of amides is 2. The van der Waals surface area contributed by atoms with Crippen LogP contribution >= 0.6 is 0 Å². The van der Waals surface area contributed by atoms with Gasteiger partial charge in [-0.15, -0.1) is 0 Å². The van der Waals surface area contributed by atoms with Gasteiger partial charge in [-0.25, -0.2) is 0 Å². The van der Waals surface area contributed by atoms with Gasteiger partial charge in [-0.3, -0.25) is 19.5 Å². The van der Waals surface area contributed by atoms with Crippen LogP contribution in [0.4, 0.5) is 5.69 Å². The molecule has 0 spiro atoms. The maximum atomic E-state index is 13.1. The Balaban J connectivity index is 1.50. The lowest BCUT2D eigenvalue weighted by Crippen LogP contribution is -2.33. The van der Waals surface area contributed by atoms with Crippen molar-refractivity contribution in [3.8, 4) is 5.75 Å². The first-order valence-electron chi connectivity index (χ1n) is 10.4. The summed E-state index contributed by atoms with van der Waals surface area (Å²) in [5.74, 6) is 0.541. The Morgan fingerprint density at radius 2 is 1.94 bits per heavy atom. The first-order valence-corrected chi connectivity index (χ1v) is 10.4. The van der Waals surface area contributed by atoms with Crippen molar-refractivity contribution >= 4 is 17.5 Å². The van der Waals surface area contributed by atoms with Crippen LogP contribution in [0.15, 0.2) is 66.9 Å². The molecule has 1 unspecified atom stereocenters. The largest absolute Gasteiger partial charge is 0.494 e. The zero-order valence-electron chi connectivity index (χ0n) is 17.7. The number of nitrogens with zero attached hydrogens (tertiary/aromatic N) is 2. The normalized spacial score (nSPS) is 15.0. The number of benzene rings is 2. The lowest BCUT2D eigenvalue weighted by molar-refractivity contribution is -0.121. The third-order valence-corrected chi connectivity index (χ3v) is 5.30. The Hall–Kier alpha value is -3.67. The van der Waals surface area contributed by atoms with Crippen molar-refractivity contribution in [1.82, 2.24) is 10.3 Å². The molecule has 1 atom stereocenters. The van der Waals surface area contributed by atoms with E-state index in [9.17, 15) is 9.59 Å². The molecule has 1 aliphatic heterocycles. The van der Waals surface area contributed by atoms with Crippen molar-refractivity contribution in [3.63, 3.8) is 0 Å². The maximum absolute atomic E-state index is 13.1. The number of rotatable bonds is 7. The molecule has 1 N–H and O–H groups in total. The van der Waals surface area contributed by atoms with E-state index in [2.05, 4.69) is 10.3 Å². The zero-order valence-corrected chi connectivity index (χ0v) is 17.7. The molecule has 4 rings (SSSR count). The zero-order chi connectivity index (χ0) is 21.8. The van der Waals surface area contributed by atoms with Crippen LogP contribution in [-0.4, -0.2) is 23.4 Å². The fraction of sp³-hybridized carbons (Fsp3) is 0.240. The van der Waals surface area contributed by atoms with Crippen LogP contribution in [0.3, 0.4) is 0 Å². The molecular formula is C25H25N3O3. The lowest BCUT2D eigenvalue weighted by Gasteiger charge is -2.25. The second-order valence-corrected chi connectivity index (χ2v) is 7.52. The van der Waals surface area contributed by atoms with Crippen molar-refractivity contribution in [3.05, 3.63) is 89.2 Å². The van der Waals surface area contributed by atoms with Gasteiger partial charge in [-0.1, -0.05) is 24.3 Å². The lowest BCUT2D eigenvalue weighted by atomic mass is 10.1. The van der Waals surface area contributed by atoms with Gasteiger partial charge < -0.3 is 10.1 Å². The highest BCUT2D eigenvalue weighted by atomic mass is 16.5. The van der Waals surface area contributed by atoms with Gasteiger partial charge in [0.15, 0.2) is 0 Å². The second kappa shape index (κ2) is 9.00. The highest BCUT2D eigenvalue weighted by Crippen LogP contribution is 2.38. The summed E-state index contributed by atoms with van der Waals surface area (Å²) >= 11 is 0. The van der Waals surface area contributed by atoms with Crippen LogP contribution in [0.5, 0.6) is 5.75 Å². The van der Waals surface area contributed by atoms with Crippen molar-refractivity contribution in [2.24, 2.45) is 0 Å². The maximum Gasteiger partial charge on any atom is 0.260 e. The van der Waals surface area contributed by atoms with Crippen molar-refractivity contribution in [2.45, 2.75) is 32.9 Å². The molecule has 6 heteroatoms. The number of hydrogen-bond acceptors (Lipinski definition) is 4. The molecule has 3 aromatic rings. The molecule has 31 heavy (non-hydrogen) atoms.